The van der Waals surface area contributed by atoms with Crippen LogP contribution in [0.5, 0.6) is 0 Å². The number of aromatic amines is 1. The summed E-state index contributed by atoms with van der Waals surface area (Å²) in [4.78, 5) is 16.0. The number of hydrogen-bond donors (Lipinski definition) is 2. The van der Waals surface area contributed by atoms with Crippen LogP contribution in [0.15, 0.2) is 60.8 Å². The van der Waals surface area contributed by atoms with Crippen LogP contribution in [-0.2, 0) is 22.6 Å². The van der Waals surface area contributed by atoms with E-state index in [0.29, 0.717) is 13.0 Å². The Labute approximate surface area is 160 Å². The molecule has 0 bridgehead atoms. The van der Waals surface area contributed by atoms with Crippen molar-refractivity contribution in [3.63, 3.8) is 0 Å². The molecule has 0 fully saturated rings. The number of rotatable bonds is 10. The average molecular weight is 364 g/mol. The molecule has 0 radical (unpaired) electrons. The molecule has 0 aliphatic carbocycles. The Bertz CT molecular complexity index is 842. The van der Waals surface area contributed by atoms with Crippen molar-refractivity contribution in [1.29, 1.82) is 0 Å². The molecule has 27 heavy (non-hydrogen) atoms. The standard InChI is InChI=1S/C23H28N2O2/c1-2-3-9-14-24-22(23(26)27-17-18-10-5-4-6-11-18)15-19-16-25-21-13-8-7-12-20(19)21/h4-8,10-13,16,22,24-25H,2-3,9,14-15,17H2,1H3/t22-/m0/s1. The summed E-state index contributed by atoms with van der Waals surface area (Å²) in [6, 6.07) is 17.6. The van der Waals surface area contributed by atoms with Gasteiger partial charge in [0.25, 0.3) is 0 Å². The minimum atomic E-state index is -0.343. The maximum Gasteiger partial charge on any atom is 0.323 e. The van der Waals surface area contributed by atoms with Crippen LogP contribution in [-0.4, -0.2) is 23.5 Å². The predicted molar refractivity (Wildman–Crippen MR) is 110 cm³/mol. The number of unbranched alkanes of at least 4 members (excludes halogenated alkanes) is 2. The van der Waals surface area contributed by atoms with Crippen molar-refractivity contribution >= 4 is 16.9 Å². The first-order valence-corrected chi connectivity index (χ1v) is 9.77. The van der Waals surface area contributed by atoms with Crippen molar-refractivity contribution in [3.8, 4) is 0 Å². The number of benzene rings is 2. The first kappa shape index (κ1) is 19.2. The molecule has 3 aromatic rings. The zero-order valence-electron chi connectivity index (χ0n) is 15.9. The summed E-state index contributed by atoms with van der Waals surface area (Å²) in [5.74, 6) is -0.194. The maximum absolute atomic E-state index is 12.7. The van der Waals surface area contributed by atoms with Crippen LogP contribution >= 0.6 is 0 Å². The lowest BCUT2D eigenvalue weighted by Crippen LogP contribution is -2.40. The molecular weight excluding hydrogens is 336 g/mol. The zero-order chi connectivity index (χ0) is 18.9. The molecule has 1 heterocycles. The van der Waals surface area contributed by atoms with Crippen molar-refractivity contribution in [2.24, 2.45) is 0 Å². The van der Waals surface area contributed by atoms with E-state index >= 15 is 0 Å². The Balaban J connectivity index is 1.66. The first-order valence-electron chi connectivity index (χ1n) is 9.77. The highest BCUT2D eigenvalue weighted by atomic mass is 16.5. The third-order valence-electron chi connectivity index (χ3n) is 4.78. The summed E-state index contributed by atoms with van der Waals surface area (Å²) in [5, 5.41) is 4.57. The Morgan fingerprint density at radius 3 is 2.67 bits per heavy atom. The van der Waals surface area contributed by atoms with Crippen molar-refractivity contribution in [2.45, 2.75) is 45.3 Å². The van der Waals surface area contributed by atoms with Gasteiger partial charge in [0.15, 0.2) is 0 Å². The predicted octanol–water partition coefficient (Wildman–Crippen LogP) is 4.60. The van der Waals surface area contributed by atoms with Gasteiger partial charge >= 0.3 is 5.97 Å². The molecule has 0 aliphatic rings. The summed E-state index contributed by atoms with van der Waals surface area (Å²) >= 11 is 0. The van der Waals surface area contributed by atoms with E-state index < -0.39 is 0 Å². The van der Waals surface area contributed by atoms with Gasteiger partial charge in [-0.25, -0.2) is 0 Å². The number of aromatic nitrogens is 1. The molecule has 3 rings (SSSR count). The highest BCUT2D eigenvalue weighted by Gasteiger charge is 2.21. The van der Waals surface area contributed by atoms with Gasteiger partial charge in [0.2, 0.25) is 0 Å². The highest BCUT2D eigenvalue weighted by Crippen LogP contribution is 2.19. The number of carbonyl (C=O) groups is 1. The molecule has 0 amide bonds. The minimum absolute atomic E-state index is 0.194. The third-order valence-corrected chi connectivity index (χ3v) is 4.78. The summed E-state index contributed by atoms with van der Waals surface area (Å²) in [7, 11) is 0. The molecule has 0 unspecified atom stereocenters. The van der Waals surface area contributed by atoms with Crippen LogP contribution < -0.4 is 5.32 Å². The second kappa shape index (κ2) is 9.93. The van der Waals surface area contributed by atoms with Crippen LogP contribution in [0.4, 0.5) is 0 Å². The second-order valence-corrected chi connectivity index (χ2v) is 6.87. The number of para-hydroxylation sites is 1. The fourth-order valence-corrected chi connectivity index (χ4v) is 3.24. The van der Waals surface area contributed by atoms with Crippen molar-refractivity contribution in [2.75, 3.05) is 6.54 Å². The highest BCUT2D eigenvalue weighted by molar-refractivity contribution is 5.84. The Morgan fingerprint density at radius 2 is 1.85 bits per heavy atom. The van der Waals surface area contributed by atoms with E-state index in [1.165, 1.54) is 0 Å². The van der Waals surface area contributed by atoms with Crippen LogP contribution in [0.1, 0.15) is 37.3 Å². The normalized spacial score (nSPS) is 12.2. The fourth-order valence-electron chi connectivity index (χ4n) is 3.24. The Morgan fingerprint density at radius 1 is 1.07 bits per heavy atom. The van der Waals surface area contributed by atoms with Crippen LogP contribution in [0.2, 0.25) is 0 Å². The number of ether oxygens (including phenoxy) is 1. The van der Waals surface area contributed by atoms with Crippen molar-refractivity contribution in [1.82, 2.24) is 10.3 Å². The maximum atomic E-state index is 12.7. The van der Waals surface area contributed by atoms with Gasteiger partial charge in [-0.3, -0.25) is 4.79 Å². The van der Waals surface area contributed by atoms with E-state index in [0.717, 1.165) is 47.8 Å². The minimum Gasteiger partial charge on any atom is -0.460 e. The molecule has 1 aromatic heterocycles. The lowest BCUT2D eigenvalue weighted by atomic mass is 10.0. The summed E-state index contributed by atoms with van der Waals surface area (Å²) in [5.41, 5.74) is 3.23. The smallest absolute Gasteiger partial charge is 0.323 e. The molecule has 0 aliphatic heterocycles. The topological polar surface area (TPSA) is 54.1 Å². The van der Waals surface area contributed by atoms with Crippen molar-refractivity contribution in [3.05, 3.63) is 71.9 Å². The quantitative estimate of drug-likeness (QED) is 0.408. The van der Waals surface area contributed by atoms with E-state index in [4.69, 9.17) is 4.74 Å². The molecule has 0 spiro atoms. The summed E-state index contributed by atoms with van der Waals surface area (Å²) in [6.07, 6.45) is 5.99. The van der Waals surface area contributed by atoms with Gasteiger partial charge in [0, 0.05) is 23.5 Å². The lowest BCUT2D eigenvalue weighted by molar-refractivity contribution is -0.147. The molecule has 4 heteroatoms. The van der Waals surface area contributed by atoms with Crippen LogP contribution in [0.25, 0.3) is 10.9 Å². The molecule has 2 aromatic carbocycles. The van der Waals surface area contributed by atoms with E-state index in [9.17, 15) is 4.79 Å². The number of hydrogen-bond acceptors (Lipinski definition) is 3. The number of H-pyrrole nitrogens is 1. The van der Waals surface area contributed by atoms with Crippen molar-refractivity contribution < 1.29 is 9.53 Å². The molecule has 4 nitrogen and oxygen atoms in total. The van der Waals surface area contributed by atoms with Gasteiger partial charge in [-0.1, -0.05) is 68.3 Å². The molecule has 2 N–H and O–H groups in total. The second-order valence-electron chi connectivity index (χ2n) is 6.87. The Hall–Kier alpha value is -2.59. The molecular formula is C23H28N2O2. The van der Waals surface area contributed by atoms with E-state index in [1.807, 2.05) is 48.7 Å². The molecule has 1 atom stereocenters. The first-order chi connectivity index (χ1) is 13.3. The third kappa shape index (κ3) is 5.44. The lowest BCUT2D eigenvalue weighted by Gasteiger charge is -2.17. The van der Waals surface area contributed by atoms with Gasteiger partial charge in [-0.05, 0) is 30.2 Å². The number of esters is 1. The van der Waals surface area contributed by atoms with Gasteiger partial charge in [-0.2, -0.15) is 0 Å². The zero-order valence-corrected chi connectivity index (χ0v) is 15.9. The summed E-state index contributed by atoms with van der Waals surface area (Å²) in [6.45, 7) is 3.31. The average Bonchev–Trinajstić information content (AvgIpc) is 3.12. The molecule has 0 saturated heterocycles. The monoisotopic (exact) mass is 364 g/mol. The number of carbonyl (C=O) groups excluding carboxylic acids is 1. The summed E-state index contributed by atoms with van der Waals surface area (Å²) < 4.78 is 5.60. The SMILES string of the molecule is CCCCCN[C@@H](Cc1c[nH]c2ccccc12)C(=O)OCc1ccccc1. The van der Waals surface area contributed by atoms with E-state index in [1.54, 1.807) is 0 Å². The molecule has 142 valence electrons. The Kier molecular flexibility index (Phi) is 7.05. The van der Waals surface area contributed by atoms with E-state index in [2.05, 4.69) is 29.4 Å². The number of fused-ring (bicyclic) bond motifs is 1. The van der Waals surface area contributed by atoms with Gasteiger partial charge in [0.05, 0.1) is 0 Å². The largest absolute Gasteiger partial charge is 0.460 e. The fraction of sp³-hybridized carbons (Fsp3) is 0.348. The number of nitrogens with one attached hydrogen (secondary N) is 2. The van der Waals surface area contributed by atoms with Gasteiger partial charge in [-0.15, -0.1) is 0 Å². The van der Waals surface area contributed by atoms with Gasteiger partial charge < -0.3 is 15.0 Å². The van der Waals surface area contributed by atoms with E-state index in [-0.39, 0.29) is 12.0 Å². The van der Waals surface area contributed by atoms with Gasteiger partial charge in [0.1, 0.15) is 12.6 Å². The van der Waals surface area contributed by atoms with Crippen LogP contribution in [0, 0.1) is 0 Å². The van der Waals surface area contributed by atoms with Crippen LogP contribution in [0.3, 0.4) is 0 Å². The molecule has 0 saturated carbocycles.